The van der Waals surface area contributed by atoms with Gasteiger partial charge in [-0.1, -0.05) is 54.6 Å². The fraction of sp³-hybridized carbons (Fsp3) is 0.158. The molecule has 1 aliphatic rings. The van der Waals surface area contributed by atoms with Crippen molar-refractivity contribution >= 4 is 10.8 Å². The molecule has 0 saturated carbocycles. The Balaban J connectivity index is 1.94. The van der Waals surface area contributed by atoms with E-state index in [4.69, 9.17) is 0 Å². The smallest absolute Gasteiger partial charge is 0.00198 e. The summed E-state index contributed by atoms with van der Waals surface area (Å²) in [6, 6.07) is 20.2. The predicted octanol–water partition coefficient (Wildman–Crippen LogP) is 4.64. The van der Waals surface area contributed by atoms with E-state index in [1.165, 1.54) is 38.6 Å². The van der Waals surface area contributed by atoms with E-state index in [-0.39, 0.29) is 0 Å². The lowest BCUT2D eigenvalue weighted by atomic mass is 9.84. The summed E-state index contributed by atoms with van der Waals surface area (Å²) in [4.78, 5) is 0. The lowest BCUT2D eigenvalue weighted by Gasteiger charge is -2.20. The molecule has 3 aromatic rings. The first kappa shape index (κ1) is 10.8. The number of aryl methyl sites for hydroxylation is 1. The van der Waals surface area contributed by atoms with Crippen LogP contribution in [0, 0.1) is 6.92 Å². The van der Waals surface area contributed by atoms with Crippen LogP contribution in [0.2, 0.25) is 0 Å². The van der Waals surface area contributed by atoms with Gasteiger partial charge in [0.1, 0.15) is 0 Å². The lowest BCUT2D eigenvalue weighted by molar-refractivity contribution is 1.01. The maximum absolute atomic E-state index is 2.40. The van der Waals surface area contributed by atoms with E-state index in [1.807, 2.05) is 0 Å². The molecule has 0 bridgehead atoms. The minimum absolute atomic E-state index is 1.08. The highest BCUT2D eigenvalue weighted by Gasteiger charge is 2.15. The third-order valence-corrected chi connectivity index (χ3v) is 4.30. The van der Waals surface area contributed by atoms with Crippen molar-refractivity contribution in [2.24, 2.45) is 0 Å². The molecule has 0 amide bonds. The van der Waals surface area contributed by atoms with Crippen molar-refractivity contribution < 1.29 is 0 Å². The van der Waals surface area contributed by atoms with Crippen molar-refractivity contribution in [1.29, 1.82) is 0 Å². The minimum Gasteiger partial charge on any atom is -0.0620 e. The summed E-state index contributed by atoms with van der Waals surface area (Å²) in [6.07, 6.45) is 2.16. The second-order valence-electron chi connectivity index (χ2n) is 5.54. The Morgan fingerprint density at radius 1 is 0.684 bits per heavy atom. The highest BCUT2D eigenvalue weighted by Crippen LogP contribution is 2.31. The normalized spacial score (nSPS) is 13.1. The zero-order valence-corrected chi connectivity index (χ0v) is 11.1. The summed E-state index contributed by atoms with van der Waals surface area (Å²) in [5.74, 6) is 0. The lowest BCUT2D eigenvalue weighted by Crippen LogP contribution is -2.07. The summed E-state index contributed by atoms with van der Waals surface area (Å²) in [6.45, 7) is 2.20. The first-order valence-electron chi connectivity index (χ1n) is 6.89. The number of hydrogen-bond acceptors (Lipinski definition) is 0. The largest absolute Gasteiger partial charge is 0.0620 e. The molecule has 0 aromatic heterocycles. The van der Waals surface area contributed by atoms with Gasteiger partial charge < -0.3 is 0 Å². The van der Waals surface area contributed by atoms with Crippen LogP contribution in [0.5, 0.6) is 0 Å². The van der Waals surface area contributed by atoms with Crippen molar-refractivity contribution in [1.82, 2.24) is 0 Å². The Labute approximate surface area is 113 Å². The van der Waals surface area contributed by atoms with Gasteiger partial charge in [-0.25, -0.2) is 0 Å². The quantitative estimate of drug-likeness (QED) is 0.422. The molecule has 19 heavy (non-hydrogen) atoms. The second-order valence-corrected chi connectivity index (χ2v) is 5.54. The van der Waals surface area contributed by atoms with Gasteiger partial charge in [0.05, 0.1) is 0 Å². The molecule has 3 aromatic carbocycles. The molecule has 0 nitrogen and oxygen atoms in total. The molecular weight excluding hydrogens is 228 g/mol. The SMILES string of the molecule is Cc1cccc2cc3c(cc12)Cc1ccccc1C3. The number of benzene rings is 3. The van der Waals surface area contributed by atoms with Crippen molar-refractivity contribution in [3.8, 4) is 0 Å². The van der Waals surface area contributed by atoms with E-state index in [0.29, 0.717) is 0 Å². The molecule has 0 heterocycles. The Morgan fingerprint density at radius 3 is 2.11 bits per heavy atom. The fourth-order valence-electron chi connectivity index (χ4n) is 3.22. The second kappa shape index (κ2) is 3.96. The molecule has 0 fully saturated rings. The van der Waals surface area contributed by atoms with E-state index in [2.05, 4.69) is 61.5 Å². The molecule has 0 aliphatic heterocycles. The van der Waals surface area contributed by atoms with Crippen LogP contribution in [0.4, 0.5) is 0 Å². The predicted molar refractivity (Wildman–Crippen MR) is 80.7 cm³/mol. The number of fused-ring (bicyclic) bond motifs is 3. The van der Waals surface area contributed by atoms with Gasteiger partial charge in [0, 0.05) is 0 Å². The van der Waals surface area contributed by atoms with E-state index in [9.17, 15) is 0 Å². The van der Waals surface area contributed by atoms with Crippen LogP contribution < -0.4 is 0 Å². The average Bonchev–Trinajstić information content (AvgIpc) is 2.44. The Hall–Kier alpha value is -2.08. The van der Waals surface area contributed by atoms with E-state index in [0.717, 1.165) is 12.8 Å². The van der Waals surface area contributed by atoms with Gasteiger partial charge in [0.25, 0.3) is 0 Å². The molecule has 0 unspecified atom stereocenters. The Morgan fingerprint density at radius 2 is 1.37 bits per heavy atom. The van der Waals surface area contributed by atoms with Gasteiger partial charge in [-0.05, 0) is 58.4 Å². The molecule has 4 rings (SSSR count). The Kier molecular flexibility index (Phi) is 2.25. The van der Waals surface area contributed by atoms with Gasteiger partial charge in [-0.15, -0.1) is 0 Å². The minimum atomic E-state index is 1.08. The zero-order valence-electron chi connectivity index (χ0n) is 11.1. The van der Waals surface area contributed by atoms with Gasteiger partial charge in [0.15, 0.2) is 0 Å². The molecule has 0 atom stereocenters. The summed E-state index contributed by atoms with van der Waals surface area (Å²) >= 11 is 0. The topological polar surface area (TPSA) is 0 Å². The summed E-state index contributed by atoms with van der Waals surface area (Å²) in [5.41, 5.74) is 7.35. The summed E-state index contributed by atoms with van der Waals surface area (Å²) in [5, 5.41) is 2.78. The van der Waals surface area contributed by atoms with Crippen molar-refractivity contribution in [2.75, 3.05) is 0 Å². The summed E-state index contributed by atoms with van der Waals surface area (Å²) in [7, 11) is 0. The highest BCUT2D eigenvalue weighted by molar-refractivity contribution is 5.87. The maximum atomic E-state index is 2.40. The average molecular weight is 244 g/mol. The molecule has 1 aliphatic carbocycles. The molecule has 0 heteroatoms. The van der Waals surface area contributed by atoms with Crippen LogP contribution in [0.3, 0.4) is 0 Å². The van der Waals surface area contributed by atoms with Crippen LogP contribution in [-0.2, 0) is 12.8 Å². The van der Waals surface area contributed by atoms with Crippen LogP contribution >= 0.6 is 0 Å². The van der Waals surface area contributed by atoms with E-state index < -0.39 is 0 Å². The van der Waals surface area contributed by atoms with Gasteiger partial charge in [-0.3, -0.25) is 0 Å². The number of hydrogen-bond donors (Lipinski definition) is 0. The standard InChI is InChI=1S/C19H16/c1-13-5-4-8-16-11-17-9-14-6-2-3-7-15(14)10-18(17)12-19(13)16/h2-8,11-12H,9-10H2,1H3. The Bertz CT molecular complexity index is 781. The molecule has 0 N–H and O–H groups in total. The van der Waals surface area contributed by atoms with Gasteiger partial charge in [0.2, 0.25) is 0 Å². The molecule has 92 valence electrons. The number of rotatable bonds is 0. The van der Waals surface area contributed by atoms with Crippen LogP contribution in [0.15, 0.2) is 54.6 Å². The van der Waals surface area contributed by atoms with E-state index in [1.54, 1.807) is 0 Å². The van der Waals surface area contributed by atoms with E-state index >= 15 is 0 Å². The molecule has 0 radical (unpaired) electrons. The van der Waals surface area contributed by atoms with Crippen molar-refractivity contribution in [2.45, 2.75) is 19.8 Å². The monoisotopic (exact) mass is 244 g/mol. The third-order valence-electron chi connectivity index (χ3n) is 4.30. The first-order valence-corrected chi connectivity index (χ1v) is 6.89. The van der Waals surface area contributed by atoms with Crippen LogP contribution in [-0.4, -0.2) is 0 Å². The van der Waals surface area contributed by atoms with Gasteiger partial charge in [-0.2, -0.15) is 0 Å². The van der Waals surface area contributed by atoms with Crippen molar-refractivity contribution in [3.05, 3.63) is 82.4 Å². The highest BCUT2D eigenvalue weighted by atomic mass is 14.2. The van der Waals surface area contributed by atoms with Gasteiger partial charge >= 0.3 is 0 Å². The van der Waals surface area contributed by atoms with Crippen molar-refractivity contribution in [3.63, 3.8) is 0 Å². The first-order chi connectivity index (χ1) is 9.31. The summed E-state index contributed by atoms with van der Waals surface area (Å²) < 4.78 is 0. The molecule has 0 saturated heterocycles. The maximum Gasteiger partial charge on any atom is -0.00198 e. The molecule has 0 spiro atoms. The third kappa shape index (κ3) is 1.67. The van der Waals surface area contributed by atoms with Crippen LogP contribution in [0.25, 0.3) is 10.8 Å². The van der Waals surface area contributed by atoms with Crippen LogP contribution in [0.1, 0.15) is 27.8 Å². The zero-order chi connectivity index (χ0) is 12.8. The molecular formula is C19H16. The fourth-order valence-corrected chi connectivity index (χ4v) is 3.22.